The monoisotopic (exact) mass is 269 g/mol. The number of likely N-dealkylation sites (tertiary alicyclic amines) is 1. The summed E-state index contributed by atoms with van der Waals surface area (Å²) in [5, 5.41) is 4.39. The highest BCUT2D eigenvalue weighted by Gasteiger charge is 2.19. The first-order valence-electron chi connectivity index (χ1n) is 6.75. The van der Waals surface area contributed by atoms with E-state index < -0.39 is 0 Å². The average molecular weight is 269 g/mol. The Morgan fingerprint density at radius 1 is 1.50 bits per heavy atom. The molecular formula is C13H23N3OS. The summed E-state index contributed by atoms with van der Waals surface area (Å²) in [6.07, 6.45) is 5.90. The molecule has 0 radical (unpaired) electrons. The van der Waals surface area contributed by atoms with Crippen LogP contribution in [0.25, 0.3) is 0 Å². The summed E-state index contributed by atoms with van der Waals surface area (Å²) in [5.41, 5.74) is 0. The van der Waals surface area contributed by atoms with Gasteiger partial charge in [-0.1, -0.05) is 6.92 Å². The van der Waals surface area contributed by atoms with Crippen LogP contribution in [0.15, 0.2) is 6.20 Å². The highest BCUT2D eigenvalue weighted by molar-refractivity contribution is 7.15. The van der Waals surface area contributed by atoms with Crippen molar-refractivity contribution in [2.24, 2.45) is 0 Å². The van der Waals surface area contributed by atoms with Crippen LogP contribution in [-0.4, -0.2) is 42.7 Å². The van der Waals surface area contributed by atoms with E-state index in [4.69, 9.17) is 4.74 Å². The van der Waals surface area contributed by atoms with E-state index in [-0.39, 0.29) is 0 Å². The zero-order valence-corrected chi connectivity index (χ0v) is 12.1. The standard InChI is InChI=1S/C13H23N3OS/c1-3-6-14-13-15-9-12(18-13)10-16-7-4-11(17-2)5-8-16/h9,11H,3-8,10H2,1-2H3,(H,14,15). The Kier molecular flexibility index (Phi) is 5.41. The highest BCUT2D eigenvalue weighted by Crippen LogP contribution is 2.22. The van der Waals surface area contributed by atoms with Crippen molar-refractivity contribution in [2.45, 2.75) is 38.8 Å². The Hall–Kier alpha value is -0.650. The van der Waals surface area contributed by atoms with Gasteiger partial charge in [0.05, 0.1) is 6.10 Å². The molecule has 0 atom stereocenters. The summed E-state index contributed by atoms with van der Waals surface area (Å²) in [6, 6.07) is 0. The maximum atomic E-state index is 5.39. The Balaban J connectivity index is 1.77. The molecule has 0 amide bonds. The van der Waals surface area contributed by atoms with Crippen molar-refractivity contribution in [3.05, 3.63) is 11.1 Å². The zero-order valence-electron chi connectivity index (χ0n) is 11.3. The number of thiazole rings is 1. The molecule has 102 valence electrons. The topological polar surface area (TPSA) is 37.4 Å². The number of rotatable bonds is 6. The number of nitrogens with zero attached hydrogens (tertiary/aromatic N) is 2. The zero-order chi connectivity index (χ0) is 12.8. The Morgan fingerprint density at radius 3 is 2.94 bits per heavy atom. The van der Waals surface area contributed by atoms with Gasteiger partial charge in [-0.15, -0.1) is 11.3 Å². The van der Waals surface area contributed by atoms with E-state index in [0.29, 0.717) is 6.10 Å². The van der Waals surface area contributed by atoms with Crippen LogP contribution in [0, 0.1) is 0 Å². The van der Waals surface area contributed by atoms with Gasteiger partial charge in [-0.2, -0.15) is 0 Å². The minimum atomic E-state index is 0.462. The lowest BCUT2D eigenvalue weighted by molar-refractivity contribution is 0.0391. The average Bonchev–Trinajstić information content (AvgIpc) is 2.85. The number of ether oxygens (including phenoxy) is 1. The highest BCUT2D eigenvalue weighted by atomic mass is 32.1. The Labute approximate surface area is 113 Å². The van der Waals surface area contributed by atoms with E-state index in [1.165, 1.54) is 4.88 Å². The molecule has 0 unspecified atom stereocenters. The fourth-order valence-electron chi connectivity index (χ4n) is 2.22. The van der Waals surface area contributed by atoms with Gasteiger partial charge >= 0.3 is 0 Å². The Bertz CT molecular complexity index is 348. The third-order valence-electron chi connectivity index (χ3n) is 3.33. The molecule has 1 aromatic heterocycles. The SMILES string of the molecule is CCCNc1ncc(CN2CCC(OC)CC2)s1. The summed E-state index contributed by atoms with van der Waals surface area (Å²) in [4.78, 5) is 8.25. The number of nitrogens with one attached hydrogen (secondary N) is 1. The van der Waals surface area contributed by atoms with E-state index in [1.54, 1.807) is 11.3 Å². The fraction of sp³-hybridized carbons (Fsp3) is 0.769. The molecule has 0 bridgehead atoms. The molecule has 1 aromatic rings. The molecule has 1 aliphatic rings. The van der Waals surface area contributed by atoms with Crippen molar-refractivity contribution in [1.29, 1.82) is 0 Å². The summed E-state index contributed by atoms with van der Waals surface area (Å²) >= 11 is 1.78. The molecule has 0 aliphatic carbocycles. The molecule has 0 spiro atoms. The fourth-order valence-corrected chi connectivity index (χ4v) is 3.10. The van der Waals surface area contributed by atoms with Gasteiger partial charge in [-0.25, -0.2) is 4.98 Å². The lowest BCUT2D eigenvalue weighted by atomic mass is 10.1. The second-order valence-electron chi connectivity index (χ2n) is 4.77. The van der Waals surface area contributed by atoms with E-state index in [2.05, 4.69) is 22.1 Å². The van der Waals surface area contributed by atoms with Gasteiger partial charge in [-0.3, -0.25) is 4.90 Å². The third kappa shape index (κ3) is 3.93. The molecule has 1 fully saturated rings. The number of anilines is 1. The molecule has 1 saturated heterocycles. The number of hydrogen-bond donors (Lipinski definition) is 1. The number of methoxy groups -OCH3 is 1. The maximum Gasteiger partial charge on any atom is 0.182 e. The van der Waals surface area contributed by atoms with Crippen LogP contribution < -0.4 is 5.32 Å². The first kappa shape index (κ1) is 13.8. The number of aromatic nitrogens is 1. The molecule has 2 rings (SSSR count). The normalized spacial score (nSPS) is 18.1. The molecule has 18 heavy (non-hydrogen) atoms. The van der Waals surface area contributed by atoms with Gasteiger partial charge in [0.15, 0.2) is 5.13 Å². The van der Waals surface area contributed by atoms with Gasteiger partial charge in [-0.05, 0) is 19.3 Å². The van der Waals surface area contributed by atoms with E-state index in [9.17, 15) is 0 Å². The predicted molar refractivity (Wildman–Crippen MR) is 76.2 cm³/mol. The van der Waals surface area contributed by atoms with Gasteiger partial charge in [0.1, 0.15) is 0 Å². The first-order chi connectivity index (χ1) is 8.81. The van der Waals surface area contributed by atoms with Crippen LogP contribution in [0.2, 0.25) is 0 Å². The van der Waals surface area contributed by atoms with E-state index in [1.807, 2.05) is 13.3 Å². The van der Waals surface area contributed by atoms with Crippen molar-refractivity contribution in [2.75, 3.05) is 32.1 Å². The van der Waals surface area contributed by atoms with Crippen molar-refractivity contribution in [1.82, 2.24) is 9.88 Å². The smallest absolute Gasteiger partial charge is 0.182 e. The lowest BCUT2D eigenvalue weighted by Crippen LogP contribution is -2.35. The molecule has 5 heteroatoms. The van der Waals surface area contributed by atoms with Crippen molar-refractivity contribution in [3.63, 3.8) is 0 Å². The van der Waals surface area contributed by atoms with Gasteiger partial charge in [0, 0.05) is 44.4 Å². The van der Waals surface area contributed by atoms with Crippen molar-refractivity contribution in [3.8, 4) is 0 Å². The first-order valence-corrected chi connectivity index (χ1v) is 7.57. The molecule has 0 saturated carbocycles. The minimum Gasteiger partial charge on any atom is -0.381 e. The largest absolute Gasteiger partial charge is 0.381 e. The van der Waals surface area contributed by atoms with Crippen molar-refractivity contribution < 1.29 is 4.74 Å². The molecule has 0 aromatic carbocycles. The molecular weight excluding hydrogens is 246 g/mol. The lowest BCUT2D eigenvalue weighted by Gasteiger charge is -2.30. The van der Waals surface area contributed by atoms with Crippen LogP contribution in [0.1, 0.15) is 31.1 Å². The third-order valence-corrected chi connectivity index (χ3v) is 4.27. The van der Waals surface area contributed by atoms with E-state index >= 15 is 0 Å². The quantitative estimate of drug-likeness (QED) is 0.861. The van der Waals surface area contributed by atoms with Crippen LogP contribution in [0.4, 0.5) is 5.13 Å². The van der Waals surface area contributed by atoms with E-state index in [0.717, 1.165) is 50.6 Å². The molecule has 4 nitrogen and oxygen atoms in total. The number of hydrogen-bond acceptors (Lipinski definition) is 5. The molecule has 2 heterocycles. The summed E-state index contributed by atoms with van der Waals surface area (Å²) in [6.45, 7) is 6.47. The summed E-state index contributed by atoms with van der Waals surface area (Å²) in [7, 11) is 1.81. The van der Waals surface area contributed by atoms with Crippen molar-refractivity contribution >= 4 is 16.5 Å². The summed E-state index contributed by atoms with van der Waals surface area (Å²) < 4.78 is 5.39. The Morgan fingerprint density at radius 2 is 2.28 bits per heavy atom. The second kappa shape index (κ2) is 7.07. The van der Waals surface area contributed by atoms with Crippen LogP contribution in [0.3, 0.4) is 0 Å². The van der Waals surface area contributed by atoms with Gasteiger partial charge in [0.25, 0.3) is 0 Å². The molecule has 1 aliphatic heterocycles. The second-order valence-corrected chi connectivity index (χ2v) is 5.88. The summed E-state index contributed by atoms with van der Waals surface area (Å²) in [5.74, 6) is 0. The van der Waals surface area contributed by atoms with Crippen LogP contribution in [-0.2, 0) is 11.3 Å². The van der Waals surface area contributed by atoms with Gasteiger partial charge in [0.2, 0.25) is 0 Å². The number of piperidine rings is 1. The molecule has 1 N–H and O–H groups in total. The van der Waals surface area contributed by atoms with Crippen LogP contribution >= 0.6 is 11.3 Å². The minimum absolute atomic E-state index is 0.462. The van der Waals surface area contributed by atoms with Crippen LogP contribution in [0.5, 0.6) is 0 Å². The van der Waals surface area contributed by atoms with Gasteiger partial charge < -0.3 is 10.1 Å². The maximum absolute atomic E-state index is 5.39. The predicted octanol–water partition coefficient (Wildman–Crippen LogP) is 2.58.